The summed E-state index contributed by atoms with van der Waals surface area (Å²) in [6.07, 6.45) is 0. The van der Waals surface area contributed by atoms with Crippen LogP contribution in [-0.4, -0.2) is 22.7 Å². The first kappa shape index (κ1) is 12.5. The largest absolute Gasteiger partial charge is 0.481 e. The van der Waals surface area contributed by atoms with Gasteiger partial charge in [0, 0.05) is 5.02 Å². The van der Waals surface area contributed by atoms with E-state index in [1.807, 2.05) is 0 Å². The Balaban J connectivity index is 2.43. The van der Waals surface area contributed by atoms with Crippen LogP contribution in [0, 0.1) is 0 Å². The monoisotopic (exact) mass is 265 g/mol. The third kappa shape index (κ3) is 4.64. The molecule has 0 aliphatic heterocycles. The molecule has 0 aromatic heterocycles. The molecule has 0 spiro atoms. The van der Waals surface area contributed by atoms with Crippen molar-refractivity contribution in [1.29, 1.82) is 0 Å². The number of carboxylic acids is 1. The first-order chi connectivity index (χ1) is 7.09. The number of carbonyl (C=O) groups is 1. The summed E-state index contributed by atoms with van der Waals surface area (Å²) in [4.78, 5) is 10.2. The molecule has 0 unspecified atom stereocenters. The van der Waals surface area contributed by atoms with E-state index in [-0.39, 0.29) is 5.75 Å². The highest BCUT2D eigenvalue weighted by molar-refractivity contribution is 8.00. The fraction of sp³-hybridized carbons (Fsp3) is 0.222. The smallest absolute Gasteiger partial charge is 0.313 e. The quantitative estimate of drug-likeness (QED) is 0.634. The molecule has 15 heavy (non-hydrogen) atoms. The van der Waals surface area contributed by atoms with E-state index in [0.29, 0.717) is 21.6 Å². The van der Waals surface area contributed by atoms with Crippen molar-refractivity contribution >= 4 is 46.6 Å². The topological polar surface area (TPSA) is 49.3 Å². The lowest BCUT2D eigenvalue weighted by atomic mass is 10.3. The molecule has 0 radical (unpaired) electrons. The number of hydrogen-bond acceptors (Lipinski definition) is 3. The second-order valence-electron chi connectivity index (χ2n) is 2.69. The van der Waals surface area contributed by atoms with Gasteiger partial charge in [-0.25, -0.2) is 0 Å². The van der Waals surface area contributed by atoms with Crippen LogP contribution in [0.4, 0.5) is 5.69 Å². The van der Waals surface area contributed by atoms with Crippen LogP contribution >= 0.6 is 35.0 Å². The van der Waals surface area contributed by atoms with Gasteiger partial charge in [-0.15, -0.1) is 11.8 Å². The number of nitrogens with one attached hydrogen (secondary N) is 1. The van der Waals surface area contributed by atoms with Gasteiger partial charge in [-0.2, -0.15) is 0 Å². The average molecular weight is 266 g/mol. The minimum Gasteiger partial charge on any atom is -0.481 e. The van der Waals surface area contributed by atoms with E-state index in [0.717, 1.165) is 0 Å². The van der Waals surface area contributed by atoms with Crippen LogP contribution in [-0.2, 0) is 4.79 Å². The Labute approximate surface area is 102 Å². The Kier molecular flexibility index (Phi) is 5.08. The van der Waals surface area contributed by atoms with Crippen molar-refractivity contribution in [2.24, 2.45) is 0 Å². The molecule has 0 heterocycles. The Bertz CT molecular complexity index is 360. The lowest BCUT2D eigenvalue weighted by Crippen LogP contribution is -2.04. The molecule has 6 heteroatoms. The summed E-state index contributed by atoms with van der Waals surface area (Å²) >= 11 is 12.9. The van der Waals surface area contributed by atoms with Gasteiger partial charge in [0.2, 0.25) is 0 Å². The van der Waals surface area contributed by atoms with E-state index in [9.17, 15) is 4.79 Å². The van der Waals surface area contributed by atoms with Crippen LogP contribution in [0.5, 0.6) is 0 Å². The van der Waals surface area contributed by atoms with Crippen LogP contribution in [0.2, 0.25) is 10.0 Å². The summed E-state index contributed by atoms with van der Waals surface area (Å²) in [7, 11) is 0. The van der Waals surface area contributed by atoms with Crippen LogP contribution in [0.15, 0.2) is 18.2 Å². The molecule has 0 aliphatic carbocycles. The molecule has 0 fully saturated rings. The Morgan fingerprint density at radius 1 is 1.47 bits per heavy atom. The first-order valence-corrected chi connectivity index (χ1v) is 5.99. The molecule has 2 N–H and O–H groups in total. The van der Waals surface area contributed by atoms with E-state index < -0.39 is 5.97 Å². The number of carboxylic acid groups (broad SMARTS) is 1. The minimum absolute atomic E-state index is 0.0607. The summed E-state index contributed by atoms with van der Waals surface area (Å²) < 4.78 is 0. The molecule has 0 amide bonds. The van der Waals surface area contributed by atoms with Crippen LogP contribution in [0.25, 0.3) is 0 Å². The number of anilines is 1. The number of aliphatic carboxylic acids is 1. The van der Waals surface area contributed by atoms with Crippen molar-refractivity contribution in [2.75, 3.05) is 16.9 Å². The lowest BCUT2D eigenvalue weighted by molar-refractivity contribution is -0.133. The molecule has 82 valence electrons. The lowest BCUT2D eigenvalue weighted by Gasteiger charge is -2.07. The number of thioether (sulfide) groups is 1. The SMILES string of the molecule is O=C(O)CSCNc1cc(Cl)ccc1Cl. The summed E-state index contributed by atoms with van der Waals surface area (Å²) in [5, 5.41) is 12.6. The third-order valence-corrected chi connectivity index (χ3v) is 2.88. The Hall–Kier alpha value is -0.580. The van der Waals surface area contributed by atoms with Gasteiger partial charge in [0.1, 0.15) is 0 Å². The molecule has 1 aromatic carbocycles. The van der Waals surface area contributed by atoms with E-state index in [1.165, 1.54) is 11.8 Å². The molecule has 0 saturated carbocycles. The van der Waals surface area contributed by atoms with Crippen molar-refractivity contribution in [1.82, 2.24) is 0 Å². The van der Waals surface area contributed by atoms with Crippen LogP contribution < -0.4 is 5.32 Å². The summed E-state index contributed by atoms with van der Waals surface area (Å²) in [6.45, 7) is 0. The van der Waals surface area contributed by atoms with Crippen molar-refractivity contribution in [2.45, 2.75) is 0 Å². The summed E-state index contributed by atoms with van der Waals surface area (Å²) in [5.41, 5.74) is 0.710. The normalized spacial score (nSPS) is 10.0. The number of halogens is 2. The maximum Gasteiger partial charge on any atom is 0.313 e. The fourth-order valence-electron chi connectivity index (χ4n) is 0.900. The van der Waals surface area contributed by atoms with Gasteiger partial charge in [-0.1, -0.05) is 23.2 Å². The molecule has 3 nitrogen and oxygen atoms in total. The number of hydrogen-bond donors (Lipinski definition) is 2. The first-order valence-electron chi connectivity index (χ1n) is 4.08. The maximum atomic E-state index is 10.2. The summed E-state index contributed by atoms with van der Waals surface area (Å²) in [5.74, 6) is -0.295. The van der Waals surface area contributed by atoms with E-state index in [1.54, 1.807) is 18.2 Å². The zero-order chi connectivity index (χ0) is 11.3. The van der Waals surface area contributed by atoms with Gasteiger partial charge >= 0.3 is 5.97 Å². The molecule has 0 saturated heterocycles. The minimum atomic E-state index is -0.834. The van der Waals surface area contributed by atoms with E-state index in [4.69, 9.17) is 28.3 Å². The Morgan fingerprint density at radius 3 is 2.87 bits per heavy atom. The van der Waals surface area contributed by atoms with Crippen LogP contribution in [0.1, 0.15) is 0 Å². The van der Waals surface area contributed by atoms with Crippen molar-refractivity contribution in [3.8, 4) is 0 Å². The number of rotatable bonds is 5. The highest BCUT2D eigenvalue weighted by Crippen LogP contribution is 2.25. The van der Waals surface area contributed by atoms with Gasteiger partial charge in [0.05, 0.1) is 22.3 Å². The number of benzene rings is 1. The van der Waals surface area contributed by atoms with Crippen molar-refractivity contribution < 1.29 is 9.90 Å². The van der Waals surface area contributed by atoms with E-state index in [2.05, 4.69) is 5.32 Å². The van der Waals surface area contributed by atoms with Gasteiger partial charge < -0.3 is 10.4 Å². The molecule has 1 aromatic rings. The molecular formula is C9H9Cl2NO2S. The van der Waals surface area contributed by atoms with Gasteiger partial charge in [-0.05, 0) is 18.2 Å². The second kappa shape index (κ2) is 6.10. The molecule has 0 bridgehead atoms. The zero-order valence-electron chi connectivity index (χ0n) is 7.67. The summed E-state index contributed by atoms with van der Waals surface area (Å²) in [6, 6.07) is 5.08. The third-order valence-electron chi connectivity index (χ3n) is 1.52. The van der Waals surface area contributed by atoms with Gasteiger partial charge in [-0.3, -0.25) is 4.79 Å². The van der Waals surface area contributed by atoms with Crippen molar-refractivity contribution in [3.05, 3.63) is 28.2 Å². The standard InChI is InChI=1S/C9H9Cl2NO2S/c10-6-1-2-7(11)8(3-6)12-5-15-4-9(13)14/h1-3,12H,4-5H2,(H,13,14). The average Bonchev–Trinajstić information content (AvgIpc) is 2.17. The fourth-order valence-corrected chi connectivity index (χ4v) is 1.79. The van der Waals surface area contributed by atoms with E-state index >= 15 is 0 Å². The Morgan fingerprint density at radius 2 is 2.20 bits per heavy atom. The molecule has 1 rings (SSSR count). The van der Waals surface area contributed by atoms with Gasteiger partial charge in [0.15, 0.2) is 0 Å². The second-order valence-corrected chi connectivity index (χ2v) is 4.52. The highest BCUT2D eigenvalue weighted by atomic mass is 35.5. The van der Waals surface area contributed by atoms with Gasteiger partial charge in [0.25, 0.3) is 0 Å². The highest BCUT2D eigenvalue weighted by Gasteiger charge is 2.01. The predicted octanol–water partition coefficient (Wildman–Crippen LogP) is 3.18. The zero-order valence-corrected chi connectivity index (χ0v) is 9.99. The maximum absolute atomic E-state index is 10.2. The molecular weight excluding hydrogens is 257 g/mol. The van der Waals surface area contributed by atoms with Crippen molar-refractivity contribution in [3.63, 3.8) is 0 Å². The van der Waals surface area contributed by atoms with Crippen LogP contribution in [0.3, 0.4) is 0 Å². The molecule has 0 atom stereocenters. The predicted molar refractivity (Wildman–Crippen MR) is 65.0 cm³/mol. The molecule has 0 aliphatic rings.